The SMILES string of the molecule is CS(=O)(=O)[C@H]1CC[C@H](CN)CC1.Cl. The second-order valence-corrected chi connectivity index (χ2v) is 6.03. The van der Waals surface area contributed by atoms with Crippen LogP contribution in [0.4, 0.5) is 0 Å². The van der Waals surface area contributed by atoms with Crippen LogP contribution in [0.3, 0.4) is 0 Å². The minimum absolute atomic E-state index is 0. The molecule has 0 aromatic rings. The molecule has 0 bridgehead atoms. The fraction of sp³-hybridized carbons (Fsp3) is 1.00. The summed E-state index contributed by atoms with van der Waals surface area (Å²) in [6.45, 7) is 0.705. The zero-order valence-electron chi connectivity index (χ0n) is 7.90. The molecule has 0 radical (unpaired) electrons. The van der Waals surface area contributed by atoms with Gasteiger partial charge in [-0.25, -0.2) is 8.42 Å². The third-order valence-corrected chi connectivity index (χ3v) is 4.42. The largest absolute Gasteiger partial charge is 0.330 e. The fourth-order valence-electron chi connectivity index (χ4n) is 1.80. The van der Waals surface area contributed by atoms with E-state index in [4.69, 9.17) is 5.73 Å². The van der Waals surface area contributed by atoms with E-state index in [0.717, 1.165) is 25.7 Å². The molecule has 1 rings (SSSR count). The Balaban J connectivity index is 0.00000144. The highest BCUT2D eigenvalue weighted by Gasteiger charge is 2.26. The van der Waals surface area contributed by atoms with Crippen molar-refractivity contribution in [3.63, 3.8) is 0 Å². The zero-order valence-corrected chi connectivity index (χ0v) is 9.53. The van der Waals surface area contributed by atoms with E-state index in [1.165, 1.54) is 6.26 Å². The molecule has 1 fully saturated rings. The highest BCUT2D eigenvalue weighted by Crippen LogP contribution is 2.27. The number of halogens is 1. The molecule has 0 heterocycles. The molecule has 2 N–H and O–H groups in total. The van der Waals surface area contributed by atoms with Gasteiger partial charge in [-0.1, -0.05) is 0 Å². The second kappa shape index (κ2) is 5.17. The average molecular weight is 228 g/mol. The monoisotopic (exact) mass is 227 g/mol. The molecule has 1 aliphatic rings. The second-order valence-electron chi connectivity index (χ2n) is 3.71. The average Bonchev–Trinajstić information content (AvgIpc) is 2.03. The Bertz CT molecular complexity index is 233. The first-order chi connectivity index (χ1) is 5.54. The third kappa shape index (κ3) is 3.83. The van der Waals surface area contributed by atoms with E-state index in [2.05, 4.69) is 0 Å². The molecule has 0 aromatic carbocycles. The van der Waals surface area contributed by atoms with Gasteiger partial charge < -0.3 is 5.73 Å². The van der Waals surface area contributed by atoms with Gasteiger partial charge in [-0.2, -0.15) is 0 Å². The van der Waals surface area contributed by atoms with Crippen molar-refractivity contribution in [2.45, 2.75) is 30.9 Å². The maximum Gasteiger partial charge on any atom is 0.150 e. The summed E-state index contributed by atoms with van der Waals surface area (Å²) >= 11 is 0. The minimum Gasteiger partial charge on any atom is -0.330 e. The fourth-order valence-corrected chi connectivity index (χ4v) is 2.92. The molecule has 3 nitrogen and oxygen atoms in total. The van der Waals surface area contributed by atoms with Crippen LogP contribution in [0.2, 0.25) is 0 Å². The van der Waals surface area contributed by atoms with Crippen LogP contribution in [0.15, 0.2) is 0 Å². The van der Waals surface area contributed by atoms with Crippen molar-refractivity contribution in [2.24, 2.45) is 11.7 Å². The lowest BCUT2D eigenvalue weighted by molar-refractivity contribution is 0.365. The quantitative estimate of drug-likeness (QED) is 0.765. The standard InChI is InChI=1S/C8H17NO2S.ClH/c1-12(10,11)8-4-2-7(6-9)3-5-8;/h7-8H,2-6,9H2,1H3;1H/t7-,8-;. The maximum absolute atomic E-state index is 11.2. The van der Waals surface area contributed by atoms with Crippen molar-refractivity contribution < 1.29 is 8.42 Å². The normalized spacial score (nSPS) is 29.4. The summed E-state index contributed by atoms with van der Waals surface area (Å²) in [4.78, 5) is 0. The highest BCUT2D eigenvalue weighted by molar-refractivity contribution is 7.91. The maximum atomic E-state index is 11.2. The van der Waals surface area contributed by atoms with Gasteiger partial charge in [0.1, 0.15) is 9.84 Å². The van der Waals surface area contributed by atoms with Gasteiger partial charge in [-0.15, -0.1) is 12.4 Å². The van der Waals surface area contributed by atoms with E-state index in [1.807, 2.05) is 0 Å². The molecule has 5 heteroatoms. The molecule has 1 saturated carbocycles. The van der Waals surface area contributed by atoms with Crippen molar-refractivity contribution in [2.75, 3.05) is 12.8 Å². The first-order valence-electron chi connectivity index (χ1n) is 4.43. The summed E-state index contributed by atoms with van der Waals surface area (Å²) in [5.41, 5.74) is 5.51. The Morgan fingerprint density at radius 1 is 1.23 bits per heavy atom. The molecule has 0 saturated heterocycles. The molecule has 1 aliphatic carbocycles. The Morgan fingerprint density at radius 2 is 1.69 bits per heavy atom. The third-order valence-electron chi connectivity index (χ3n) is 2.73. The van der Waals surface area contributed by atoms with Crippen LogP contribution in [-0.4, -0.2) is 26.5 Å². The van der Waals surface area contributed by atoms with Gasteiger partial charge in [0.25, 0.3) is 0 Å². The molecular weight excluding hydrogens is 210 g/mol. The van der Waals surface area contributed by atoms with Crippen LogP contribution in [0.1, 0.15) is 25.7 Å². The molecule has 13 heavy (non-hydrogen) atoms. The first kappa shape index (κ1) is 13.2. The smallest absolute Gasteiger partial charge is 0.150 e. The molecular formula is C8H18ClNO2S. The van der Waals surface area contributed by atoms with E-state index < -0.39 is 9.84 Å². The van der Waals surface area contributed by atoms with Gasteiger partial charge in [0.2, 0.25) is 0 Å². The van der Waals surface area contributed by atoms with Gasteiger partial charge in [0.05, 0.1) is 5.25 Å². The van der Waals surface area contributed by atoms with Crippen LogP contribution >= 0.6 is 12.4 Å². The molecule has 0 aromatic heterocycles. The van der Waals surface area contributed by atoms with Gasteiger partial charge in [-0.05, 0) is 38.1 Å². The van der Waals surface area contributed by atoms with Crippen LogP contribution < -0.4 is 5.73 Å². The van der Waals surface area contributed by atoms with Crippen molar-refractivity contribution in [3.8, 4) is 0 Å². The predicted octanol–water partition coefficient (Wildman–Crippen LogP) is 0.970. The molecule has 0 aliphatic heterocycles. The van der Waals surface area contributed by atoms with Gasteiger partial charge in [0, 0.05) is 6.26 Å². The van der Waals surface area contributed by atoms with Crippen LogP contribution in [-0.2, 0) is 9.84 Å². The molecule has 0 amide bonds. The number of hydrogen-bond acceptors (Lipinski definition) is 3. The lowest BCUT2D eigenvalue weighted by atomic mass is 9.89. The molecule has 0 unspecified atom stereocenters. The molecule has 0 spiro atoms. The van der Waals surface area contributed by atoms with Gasteiger partial charge in [-0.3, -0.25) is 0 Å². The Labute approximate surface area is 86.4 Å². The number of sulfone groups is 1. The summed E-state index contributed by atoms with van der Waals surface area (Å²) in [7, 11) is -2.80. The van der Waals surface area contributed by atoms with Crippen LogP contribution in [0, 0.1) is 5.92 Å². The topological polar surface area (TPSA) is 60.2 Å². The van der Waals surface area contributed by atoms with Crippen molar-refractivity contribution >= 4 is 22.2 Å². The number of nitrogens with two attached hydrogens (primary N) is 1. The van der Waals surface area contributed by atoms with Gasteiger partial charge >= 0.3 is 0 Å². The van der Waals surface area contributed by atoms with Crippen LogP contribution in [0.25, 0.3) is 0 Å². The Hall–Kier alpha value is 0.200. The van der Waals surface area contributed by atoms with E-state index in [-0.39, 0.29) is 17.7 Å². The van der Waals surface area contributed by atoms with Gasteiger partial charge in [0.15, 0.2) is 0 Å². The molecule has 80 valence electrons. The van der Waals surface area contributed by atoms with Crippen molar-refractivity contribution in [1.82, 2.24) is 0 Å². The van der Waals surface area contributed by atoms with E-state index >= 15 is 0 Å². The Morgan fingerprint density at radius 3 is 2.00 bits per heavy atom. The summed E-state index contributed by atoms with van der Waals surface area (Å²) in [6, 6.07) is 0. The number of rotatable bonds is 2. The lowest BCUT2D eigenvalue weighted by Crippen LogP contribution is -2.29. The first-order valence-corrected chi connectivity index (χ1v) is 6.38. The van der Waals surface area contributed by atoms with Crippen molar-refractivity contribution in [1.29, 1.82) is 0 Å². The summed E-state index contributed by atoms with van der Waals surface area (Å²) in [5.74, 6) is 0.558. The predicted molar refractivity (Wildman–Crippen MR) is 56.9 cm³/mol. The Kier molecular flexibility index (Phi) is 5.25. The lowest BCUT2D eigenvalue weighted by Gasteiger charge is -2.26. The highest BCUT2D eigenvalue weighted by atomic mass is 35.5. The van der Waals surface area contributed by atoms with E-state index in [1.54, 1.807) is 0 Å². The van der Waals surface area contributed by atoms with E-state index in [0.29, 0.717) is 12.5 Å². The van der Waals surface area contributed by atoms with Crippen LogP contribution in [0.5, 0.6) is 0 Å². The summed E-state index contributed by atoms with van der Waals surface area (Å²) in [6.07, 6.45) is 4.91. The van der Waals surface area contributed by atoms with E-state index in [9.17, 15) is 8.42 Å². The number of hydrogen-bond donors (Lipinski definition) is 1. The minimum atomic E-state index is -2.80. The molecule has 0 atom stereocenters. The zero-order chi connectivity index (χ0) is 9.19. The summed E-state index contributed by atoms with van der Waals surface area (Å²) < 4.78 is 22.3. The summed E-state index contributed by atoms with van der Waals surface area (Å²) in [5, 5.41) is -0.0969. The van der Waals surface area contributed by atoms with Crippen molar-refractivity contribution in [3.05, 3.63) is 0 Å².